The lowest BCUT2D eigenvalue weighted by Crippen LogP contribution is -2.08. The van der Waals surface area contributed by atoms with Crippen LogP contribution < -0.4 is 5.73 Å². The van der Waals surface area contributed by atoms with Crippen molar-refractivity contribution in [3.63, 3.8) is 0 Å². The van der Waals surface area contributed by atoms with E-state index in [1.54, 1.807) is 0 Å². The van der Waals surface area contributed by atoms with Crippen molar-refractivity contribution in [2.45, 2.75) is 19.4 Å². The molecule has 1 atom stereocenters. The zero-order valence-electron chi connectivity index (χ0n) is 7.42. The lowest BCUT2D eigenvalue weighted by Gasteiger charge is -2.09. The van der Waals surface area contributed by atoms with Crippen molar-refractivity contribution in [1.29, 1.82) is 5.26 Å². The molecule has 2 N–H and O–H groups in total. The molecule has 3 heteroatoms. The van der Waals surface area contributed by atoms with Gasteiger partial charge in [0.1, 0.15) is 6.07 Å². The third kappa shape index (κ3) is 2.30. The molecule has 0 saturated carbocycles. The fraction of sp³-hybridized carbons (Fsp3) is 0.300. The van der Waals surface area contributed by atoms with Gasteiger partial charge in [0.05, 0.1) is 5.56 Å². The van der Waals surface area contributed by atoms with Gasteiger partial charge in [-0.25, -0.2) is 0 Å². The van der Waals surface area contributed by atoms with Gasteiger partial charge >= 0.3 is 0 Å². The van der Waals surface area contributed by atoms with Gasteiger partial charge in [0.15, 0.2) is 0 Å². The van der Waals surface area contributed by atoms with Crippen LogP contribution >= 0.6 is 15.9 Å². The molecule has 0 aliphatic heterocycles. The Bertz CT molecular complexity index is 341. The number of halogens is 1. The van der Waals surface area contributed by atoms with E-state index in [0.29, 0.717) is 5.56 Å². The second kappa shape index (κ2) is 4.40. The van der Waals surface area contributed by atoms with Crippen LogP contribution in [-0.4, -0.2) is 0 Å². The molecule has 68 valence electrons. The zero-order chi connectivity index (χ0) is 9.84. The average molecular weight is 239 g/mol. The van der Waals surface area contributed by atoms with Gasteiger partial charge in [0.25, 0.3) is 0 Å². The van der Waals surface area contributed by atoms with Crippen LogP contribution in [-0.2, 0) is 0 Å². The lowest BCUT2D eigenvalue weighted by molar-refractivity contribution is 0.698. The SMILES string of the molecule is CC[C@@H](N)c1ccc(Br)c(C#N)c1. The van der Waals surface area contributed by atoms with E-state index in [4.69, 9.17) is 11.0 Å². The van der Waals surface area contributed by atoms with E-state index >= 15 is 0 Å². The molecule has 13 heavy (non-hydrogen) atoms. The molecule has 0 radical (unpaired) electrons. The Morgan fingerprint density at radius 3 is 2.85 bits per heavy atom. The summed E-state index contributed by atoms with van der Waals surface area (Å²) in [7, 11) is 0. The summed E-state index contributed by atoms with van der Waals surface area (Å²) in [6, 6.07) is 7.78. The third-order valence-electron chi connectivity index (χ3n) is 1.98. The number of benzene rings is 1. The molecule has 1 aromatic rings. The summed E-state index contributed by atoms with van der Waals surface area (Å²) in [6.07, 6.45) is 0.881. The molecule has 0 saturated heterocycles. The number of hydrogen-bond acceptors (Lipinski definition) is 2. The molecule has 1 rings (SSSR count). The minimum absolute atomic E-state index is 0.0280. The summed E-state index contributed by atoms with van der Waals surface area (Å²) in [5, 5.41) is 8.78. The molecule has 0 fully saturated rings. The van der Waals surface area contributed by atoms with Crippen molar-refractivity contribution in [2.24, 2.45) is 5.73 Å². The third-order valence-corrected chi connectivity index (χ3v) is 2.67. The number of rotatable bonds is 2. The largest absolute Gasteiger partial charge is 0.324 e. The fourth-order valence-electron chi connectivity index (χ4n) is 1.09. The van der Waals surface area contributed by atoms with Gasteiger partial charge in [-0.2, -0.15) is 5.26 Å². The molecule has 0 aliphatic rings. The van der Waals surface area contributed by atoms with E-state index in [-0.39, 0.29) is 6.04 Å². The van der Waals surface area contributed by atoms with Gasteiger partial charge in [0.2, 0.25) is 0 Å². The van der Waals surface area contributed by atoms with Crippen molar-refractivity contribution in [1.82, 2.24) is 0 Å². The maximum absolute atomic E-state index is 8.78. The Kier molecular flexibility index (Phi) is 3.47. The van der Waals surface area contributed by atoms with Crippen LogP contribution in [0.5, 0.6) is 0 Å². The van der Waals surface area contributed by atoms with Gasteiger partial charge in [0, 0.05) is 10.5 Å². The first-order valence-corrected chi connectivity index (χ1v) is 4.93. The minimum atomic E-state index is 0.0280. The number of hydrogen-bond donors (Lipinski definition) is 1. The molecule has 2 nitrogen and oxygen atoms in total. The summed E-state index contributed by atoms with van der Waals surface area (Å²) in [5.41, 5.74) is 7.50. The molecule has 0 amide bonds. The van der Waals surface area contributed by atoms with Crippen LogP contribution in [0.4, 0.5) is 0 Å². The predicted molar refractivity (Wildman–Crippen MR) is 56.1 cm³/mol. The Hall–Kier alpha value is -0.850. The predicted octanol–water partition coefficient (Wildman–Crippen LogP) is 2.73. The molecule has 1 aromatic carbocycles. The zero-order valence-corrected chi connectivity index (χ0v) is 9.01. The smallest absolute Gasteiger partial charge is 0.100 e. The topological polar surface area (TPSA) is 49.8 Å². The first kappa shape index (κ1) is 10.2. The van der Waals surface area contributed by atoms with E-state index in [1.807, 2.05) is 25.1 Å². The fourth-order valence-corrected chi connectivity index (χ4v) is 1.43. The quantitative estimate of drug-likeness (QED) is 0.862. The van der Waals surface area contributed by atoms with Crippen molar-refractivity contribution in [3.05, 3.63) is 33.8 Å². The number of nitrogens with two attached hydrogens (primary N) is 1. The van der Waals surface area contributed by atoms with Gasteiger partial charge < -0.3 is 5.73 Å². The summed E-state index contributed by atoms with van der Waals surface area (Å²) < 4.78 is 0.821. The molecule has 0 unspecified atom stereocenters. The molecule has 0 aliphatic carbocycles. The average Bonchev–Trinajstić information content (AvgIpc) is 2.17. The Balaban J connectivity index is 3.08. The Morgan fingerprint density at radius 1 is 1.62 bits per heavy atom. The van der Waals surface area contributed by atoms with E-state index in [0.717, 1.165) is 16.5 Å². The monoisotopic (exact) mass is 238 g/mol. The van der Waals surface area contributed by atoms with E-state index in [2.05, 4.69) is 22.0 Å². The first-order chi connectivity index (χ1) is 6.19. The maximum Gasteiger partial charge on any atom is 0.100 e. The van der Waals surface area contributed by atoms with Crippen molar-refractivity contribution < 1.29 is 0 Å². The lowest BCUT2D eigenvalue weighted by atomic mass is 10.0. The van der Waals surface area contributed by atoms with Crippen molar-refractivity contribution in [3.8, 4) is 6.07 Å². The van der Waals surface area contributed by atoms with Crippen LogP contribution in [0.25, 0.3) is 0 Å². The molecule has 0 aromatic heterocycles. The van der Waals surface area contributed by atoms with Crippen LogP contribution in [0.2, 0.25) is 0 Å². The summed E-state index contributed by atoms with van der Waals surface area (Å²) in [4.78, 5) is 0. The van der Waals surface area contributed by atoms with E-state index < -0.39 is 0 Å². The van der Waals surface area contributed by atoms with Crippen LogP contribution in [0.1, 0.15) is 30.5 Å². The summed E-state index contributed by atoms with van der Waals surface area (Å²) >= 11 is 3.30. The summed E-state index contributed by atoms with van der Waals surface area (Å²) in [6.45, 7) is 2.03. The highest BCUT2D eigenvalue weighted by Gasteiger charge is 2.05. The van der Waals surface area contributed by atoms with Crippen LogP contribution in [0, 0.1) is 11.3 Å². The Morgan fingerprint density at radius 2 is 2.31 bits per heavy atom. The van der Waals surface area contributed by atoms with E-state index in [9.17, 15) is 0 Å². The molecular formula is C10H11BrN2. The number of nitriles is 1. The normalized spacial score (nSPS) is 12.2. The second-order valence-corrected chi connectivity index (χ2v) is 3.72. The van der Waals surface area contributed by atoms with Gasteiger partial charge in [-0.05, 0) is 40.0 Å². The highest BCUT2D eigenvalue weighted by molar-refractivity contribution is 9.10. The standard InChI is InChI=1S/C10H11BrN2/c1-2-10(13)7-3-4-9(11)8(5-7)6-12/h3-5,10H,2,13H2,1H3/t10-/m1/s1. The van der Waals surface area contributed by atoms with Crippen molar-refractivity contribution in [2.75, 3.05) is 0 Å². The van der Waals surface area contributed by atoms with E-state index in [1.165, 1.54) is 0 Å². The van der Waals surface area contributed by atoms with Gasteiger partial charge in [-0.15, -0.1) is 0 Å². The molecule has 0 heterocycles. The molecule has 0 bridgehead atoms. The van der Waals surface area contributed by atoms with Crippen LogP contribution in [0.15, 0.2) is 22.7 Å². The molecular weight excluding hydrogens is 228 g/mol. The van der Waals surface area contributed by atoms with Gasteiger partial charge in [-0.3, -0.25) is 0 Å². The van der Waals surface area contributed by atoms with Crippen LogP contribution in [0.3, 0.4) is 0 Å². The maximum atomic E-state index is 8.78. The van der Waals surface area contributed by atoms with Gasteiger partial charge in [-0.1, -0.05) is 13.0 Å². The number of nitrogens with zero attached hydrogens (tertiary/aromatic N) is 1. The summed E-state index contributed by atoms with van der Waals surface area (Å²) in [5.74, 6) is 0. The second-order valence-electron chi connectivity index (χ2n) is 2.87. The minimum Gasteiger partial charge on any atom is -0.324 e. The highest BCUT2D eigenvalue weighted by atomic mass is 79.9. The first-order valence-electron chi connectivity index (χ1n) is 4.14. The Labute approximate surface area is 86.5 Å². The molecule has 0 spiro atoms. The van der Waals surface area contributed by atoms with Crippen molar-refractivity contribution >= 4 is 15.9 Å². The highest BCUT2D eigenvalue weighted by Crippen LogP contribution is 2.21.